The van der Waals surface area contributed by atoms with Crippen molar-refractivity contribution in [2.24, 2.45) is 0 Å². The van der Waals surface area contributed by atoms with Crippen LogP contribution in [0.3, 0.4) is 0 Å². The lowest BCUT2D eigenvalue weighted by atomic mass is 9.97. The van der Waals surface area contributed by atoms with Crippen molar-refractivity contribution in [1.29, 1.82) is 0 Å². The van der Waals surface area contributed by atoms with E-state index in [-0.39, 0.29) is 11.5 Å². The number of hydrogen-bond donors (Lipinski definition) is 0. The van der Waals surface area contributed by atoms with Crippen molar-refractivity contribution < 1.29 is 9.18 Å². The fourth-order valence-corrected chi connectivity index (χ4v) is 5.46. The molecule has 0 spiro atoms. The number of hydrogen-bond acceptors (Lipinski definition) is 5. The molecule has 3 heterocycles. The summed E-state index contributed by atoms with van der Waals surface area (Å²) in [6.45, 7) is 2.50. The van der Waals surface area contributed by atoms with Gasteiger partial charge in [0.1, 0.15) is 22.8 Å². The molecule has 2 aliphatic rings. The van der Waals surface area contributed by atoms with Crippen LogP contribution in [0.1, 0.15) is 33.6 Å². The van der Waals surface area contributed by atoms with Gasteiger partial charge in [-0.2, -0.15) is 0 Å². The van der Waals surface area contributed by atoms with Gasteiger partial charge in [0.05, 0.1) is 10.9 Å². The molecule has 1 saturated heterocycles. The van der Waals surface area contributed by atoms with Gasteiger partial charge in [-0.15, -0.1) is 11.3 Å². The van der Waals surface area contributed by atoms with Gasteiger partial charge in [0, 0.05) is 31.1 Å². The van der Waals surface area contributed by atoms with E-state index in [1.54, 1.807) is 40.8 Å². The summed E-state index contributed by atoms with van der Waals surface area (Å²) < 4.78 is 14.0. The van der Waals surface area contributed by atoms with Gasteiger partial charge in [0.25, 0.3) is 5.91 Å². The van der Waals surface area contributed by atoms with Gasteiger partial charge in [-0.1, -0.05) is 12.1 Å². The zero-order chi connectivity index (χ0) is 19.1. The van der Waals surface area contributed by atoms with E-state index in [9.17, 15) is 9.18 Å². The third kappa shape index (κ3) is 2.94. The fourth-order valence-electron chi connectivity index (χ4n) is 4.24. The zero-order valence-corrected chi connectivity index (χ0v) is 16.3. The Bertz CT molecular complexity index is 1040. The molecule has 0 radical (unpaired) electrons. The van der Waals surface area contributed by atoms with E-state index >= 15 is 0 Å². The molecule has 1 fully saturated rings. The number of aromatic nitrogens is 2. The van der Waals surface area contributed by atoms with Crippen LogP contribution in [0.4, 0.5) is 10.2 Å². The van der Waals surface area contributed by atoms with Crippen LogP contribution in [0.25, 0.3) is 10.2 Å². The molecule has 3 aromatic rings. The van der Waals surface area contributed by atoms with Gasteiger partial charge in [0.15, 0.2) is 0 Å². The number of thiophene rings is 1. The normalized spacial score (nSPS) is 17.0. The lowest BCUT2D eigenvalue weighted by molar-refractivity contribution is 0.0742. The van der Waals surface area contributed by atoms with Crippen molar-refractivity contribution in [2.45, 2.75) is 25.7 Å². The van der Waals surface area contributed by atoms with Crippen molar-refractivity contribution in [2.75, 3.05) is 31.1 Å². The number of benzene rings is 1. The quantitative estimate of drug-likeness (QED) is 0.663. The summed E-state index contributed by atoms with van der Waals surface area (Å²) in [5, 5.41) is 1.20. The van der Waals surface area contributed by atoms with Crippen LogP contribution in [0.2, 0.25) is 0 Å². The highest BCUT2D eigenvalue weighted by atomic mass is 32.1. The first kappa shape index (κ1) is 17.6. The molecule has 2 aromatic heterocycles. The summed E-state index contributed by atoms with van der Waals surface area (Å²) in [6.07, 6.45) is 6.36. The topological polar surface area (TPSA) is 49.3 Å². The highest BCUT2D eigenvalue weighted by molar-refractivity contribution is 7.19. The maximum absolute atomic E-state index is 14.0. The number of carbonyl (C=O) groups is 1. The second-order valence-corrected chi connectivity index (χ2v) is 8.43. The second kappa shape index (κ2) is 7.13. The minimum Gasteiger partial charge on any atom is -0.352 e. The Kier molecular flexibility index (Phi) is 4.47. The number of rotatable bonds is 2. The average molecular weight is 396 g/mol. The first-order valence-electron chi connectivity index (χ1n) is 9.76. The monoisotopic (exact) mass is 396 g/mol. The number of piperazine rings is 1. The van der Waals surface area contributed by atoms with Gasteiger partial charge in [0.2, 0.25) is 0 Å². The number of carbonyl (C=O) groups excluding carboxylic acids is 1. The van der Waals surface area contributed by atoms with Gasteiger partial charge >= 0.3 is 0 Å². The first-order chi connectivity index (χ1) is 13.7. The molecule has 5 rings (SSSR count). The maximum Gasteiger partial charge on any atom is 0.256 e. The highest BCUT2D eigenvalue weighted by Gasteiger charge is 2.27. The molecule has 1 amide bonds. The third-order valence-corrected chi connectivity index (χ3v) is 6.90. The lowest BCUT2D eigenvalue weighted by Crippen LogP contribution is -2.49. The zero-order valence-electron chi connectivity index (χ0n) is 15.5. The van der Waals surface area contributed by atoms with Crippen molar-refractivity contribution in [3.05, 3.63) is 52.4 Å². The molecule has 0 saturated carbocycles. The van der Waals surface area contributed by atoms with Gasteiger partial charge in [-0.3, -0.25) is 4.79 Å². The van der Waals surface area contributed by atoms with Crippen LogP contribution in [-0.4, -0.2) is 47.0 Å². The van der Waals surface area contributed by atoms with Crippen LogP contribution in [0.5, 0.6) is 0 Å². The first-order valence-corrected chi connectivity index (χ1v) is 10.6. The van der Waals surface area contributed by atoms with Crippen LogP contribution in [0.15, 0.2) is 30.6 Å². The minimum atomic E-state index is -0.461. The molecule has 0 unspecified atom stereocenters. The third-order valence-electron chi connectivity index (χ3n) is 5.70. The van der Waals surface area contributed by atoms with Crippen molar-refractivity contribution >= 4 is 33.3 Å². The smallest absolute Gasteiger partial charge is 0.256 e. The van der Waals surface area contributed by atoms with E-state index in [0.29, 0.717) is 26.2 Å². The highest BCUT2D eigenvalue weighted by Crippen LogP contribution is 2.39. The van der Waals surface area contributed by atoms with Crippen molar-refractivity contribution in [3.63, 3.8) is 0 Å². The predicted molar refractivity (Wildman–Crippen MR) is 109 cm³/mol. The Hall–Kier alpha value is -2.54. The summed E-state index contributed by atoms with van der Waals surface area (Å²) in [5.41, 5.74) is 1.57. The summed E-state index contributed by atoms with van der Waals surface area (Å²) >= 11 is 1.80. The molecule has 28 heavy (non-hydrogen) atoms. The summed E-state index contributed by atoms with van der Waals surface area (Å²) in [5.74, 6) is 0.290. The number of anilines is 1. The molecule has 0 N–H and O–H groups in total. The van der Waals surface area contributed by atoms with Crippen LogP contribution >= 0.6 is 11.3 Å². The number of aryl methyl sites for hydroxylation is 2. The molecule has 144 valence electrons. The Morgan fingerprint density at radius 3 is 2.64 bits per heavy atom. The largest absolute Gasteiger partial charge is 0.352 e. The molecule has 1 aliphatic carbocycles. The van der Waals surface area contributed by atoms with Gasteiger partial charge in [-0.05, 0) is 43.4 Å². The van der Waals surface area contributed by atoms with E-state index in [1.807, 2.05) is 0 Å². The van der Waals surface area contributed by atoms with Crippen LogP contribution in [0, 0.1) is 5.82 Å². The Morgan fingerprint density at radius 2 is 1.82 bits per heavy atom. The van der Waals surface area contributed by atoms with Gasteiger partial charge in [-0.25, -0.2) is 14.4 Å². The second-order valence-electron chi connectivity index (χ2n) is 7.35. The Labute approximate surface area is 166 Å². The molecule has 7 heteroatoms. The van der Waals surface area contributed by atoms with Crippen LogP contribution < -0.4 is 4.90 Å². The van der Waals surface area contributed by atoms with Gasteiger partial charge < -0.3 is 9.80 Å². The summed E-state index contributed by atoms with van der Waals surface area (Å²) in [7, 11) is 0. The van der Waals surface area contributed by atoms with E-state index in [1.165, 1.54) is 34.7 Å². The summed E-state index contributed by atoms with van der Waals surface area (Å²) in [6, 6.07) is 6.19. The molecule has 5 nitrogen and oxygen atoms in total. The minimum absolute atomic E-state index is 0.146. The van der Waals surface area contributed by atoms with E-state index < -0.39 is 5.82 Å². The molecule has 0 atom stereocenters. The number of halogens is 1. The Morgan fingerprint density at radius 1 is 1.04 bits per heavy atom. The predicted octanol–water partition coefficient (Wildman–Crippen LogP) is 3.67. The molecule has 1 aliphatic heterocycles. The van der Waals surface area contributed by atoms with Crippen molar-refractivity contribution in [1.82, 2.24) is 14.9 Å². The van der Waals surface area contributed by atoms with Crippen LogP contribution in [-0.2, 0) is 12.8 Å². The number of amides is 1. The average Bonchev–Trinajstić information content (AvgIpc) is 3.12. The standard InChI is InChI=1S/C21H21FN4OS/c22-16-7-3-1-5-14(16)21(27)26-11-9-25(10-12-26)19-18-15-6-2-4-8-17(15)28-20(18)24-13-23-19/h1,3,5,7,13H,2,4,6,8-12H2. The van der Waals surface area contributed by atoms with Crippen molar-refractivity contribution in [3.8, 4) is 0 Å². The lowest BCUT2D eigenvalue weighted by Gasteiger charge is -2.35. The molecular formula is C21H21FN4OS. The Balaban J connectivity index is 1.38. The summed E-state index contributed by atoms with van der Waals surface area (Å²) in [4.78, 5) is 28.3. The SMILES string of the molecule is O=C(c1ccccc1F)N1CCN(c2ncnc3sc4c(c23)CCCC4)CC1. The van der Waals surface area contributed by atoms with E-state index in [4.69, 9.17) is 0 Å². The molecular weight excluding hydrogens is 375 g/mol. The maximum atomic E-state index is 14.0. The number of nitrogens with zero attached hydrogens (tertiary/aromatic N) is 4. The number of fused-ring (bicyclic) bond motifs is 3. The van der Waals surface area contributed by atoms with E-state index in [2.05, 4.69) is 14.9 Å². The van der Waals surface area contributed by atoms with E-state index in [0.717, 1.165) is 23.5 Å². The molecule has 0 bridgehead atoms. The molecule has 1 aromatic carbocycles. The fraction of sp³-hybridized carbons (Fsp3) is 0.381.